The first-order valence-electron chi connectivity index (χ1n) is 8.90. The lowest BCUT2D eigenvalue weighted by atomic mass is 10.3. The van der Waals surface area contributed by atoms with Crippen LogP contribution in [-0.2, 0) is 14.8 Å². The monoisotopic (exact) mass is 407 g/mol. The Kier molecular flexibility index (Phi) is 8.29. The first-order chi connectivity index (χ1) is 12.5. The van der Waals surface area contributed by atoms with Gasteiger partial charge in [0.1, 0.15) is 0 Å². The lowest BCUT2D eigenvalue weighted by Gasteiger charge is -2.36. The van der Waals surface area contributed by atoms with Crippen molar-refractivity contribution in [3.05, 3.63) is 0 Å². The van der Waals surface area contributed by atoms with Gasteiger partial charge in [-0.15, -0.1) is 0 Å². The van der Waals surface area contributed by atoms with Crippen molar-refractivity contribution < 1.29 is 17.9 Å². The number of carbonyl (C=O) groups is 1. The highest BCUT2D eigenvalue weighted by molar-refractivity contribution is 7.99. The van der Waals surface area contributed by atoms with Gasteiger partial charge in [0, 0.05) is 64.4 Å². The summed E-state index contributed by atoms with van der Waals surface area (Å²) in [6, 6.07) is 0. The molecule has 0 aromatic carbocycles. The fraction of sp³-hybridized carbons (Fsp3) is 0.867. The largest absolute Gasteiger partial charge is 0.450 e. The van der Waals surface area contributed by atoms with E-state index in [2.05, 4.69) is 10.3 Å². The van der Waals surface area contributed by atoms with Gasteiger partial charge in [-0.1, -0.05) is 0 Å². The summed E-state index contributed by atoms with van der Waals surface area (Å²) in [4.78, 5) is 19.7. The third-order valence-corrected chi connectivity index (χ3v) is 7.14. The summed E-state index contributed by atoms with van der Waals surface area (Å²) in [6.07, 6.45) is -0.291. The van der Waals surface area contributed by atoms with Gasteiger partial charge < -0.3 is 19.9 Å². The van der Waals surface area contributed by atoms with Crippen LogP contribution < -0.4 is 5.32 Å². The molecule has 0 spiro atoms. The molecule has 0 aromatic heterocycles. The van der Waals surface area contributed by atoms with Crippen molar-refractivity contribution in [1.82, 2.24) is 19.4 Å². The van der Waals surface area contributed by atoms with Crippen LogP contribution in [0.5, 0.6) is 0 Å². The summed E-state index contributed by atoms with van der Waals surface area (Å²) in [5, 5.41) is 3.13. The van der Waals surface area contributed by atoms with Crippen molar-refractivity contribution in [1.29, 1.82) is 0 Å². The summed E-state index contributed by atoms with van der Waals surface area (Å²) in [6.45, 7) is 6.05. The molecule has 0 radical (unpaired) electrons. The number of carbonyl (C=O) groups excluding carboxylic acids is 1. The van der Waals surface area contributed by atoms with Crippen molar-refractivity contribution in [2.45, 2.75) is 6.92 Å². The van der Waals surface area contributed by atoms with Crippen molar-refractivity contribution in [3.63, 3.8) is 0 Å². The predicted molar refractivity (Wildman–Crippen MR) is 104 cm³/mol. The van der Waals surface area contributed by atoms with Gasteiger partial charge in [-0.2, -0.15) is 11.8 Å². The van der Waals surface area contributed by atoms with E-state index in [1.54, 1.807) is 34.9 Å². The van der Waals surface area contributed by atoms with Crippen LogP contribution in [0.25, 0.3) is 0 Å². The normalized spacial score (nSPS) is 20.2. The lowest BCUT2D eigenvalue weighted by Crippen LogP contribution is -2.54. The van der Waals surface area contributed by atoms with Gasteiger partial charge in [-0.05, 0) is 6.92 Å². The van der Waals surface area contributed by atoms with E-state index < -0.39 is 10.0 Å². The molecule has 0 unspecified atom stereocenters. The Bertz CT molecular complexity index is 585. The van der Waals surface area contributed by atoms with Crippen LogP contribution in [0.1, 0.15) is 6.92 Å². The van der Waals surface area contributed by atoms with Gasteiger partial charge in [0.2, 0.25) is 10.0 Å². The maximum absolute atomic E-state index is 12.4. The molecule has 0 bridgehead atoms. The number of nitrogens with one attached hydrogen (secondary N) is 1. The number of amides is 1. The molecule has 2 saturated heterocycles. The van der Waals surface area contributed by atoms with Crippen molar-refractivity contribution in [2.24, 2.45) is 4.99 Å². The third kappa shape index (κ3) is 5.92. The fourth-order valence-corrected chi connectivity index (χ4v) is 5.38. The lowest BCUT2D eigenvalue weighted by molar-refractivity contribution is 0.0915. The Hall–Kier alpha value is -1.20. The molecular weight excluding hydrogens is 378 g/mol. The molecule has 2 rings (SSSR count). The molecule has 0 saturated carbocycles. The molecule has 2 aliphatic heterocycles. The van der Waals surface area contributed by atoms with E-state index in [1.165, 1.54) is 0 Å². The van der Waals surface area contributed by atoms with Crippen molar-refractivity contribution in [3.8, 4) is 0 Å². The molecule has 2 aliphatic rings. The summed E-state index contributed by atoms with van der Waals surface area (Å²) < 4.78 is 31.3. The average Bonchev–Trinajstić information content (AvgIpc) is 2.66. The first-order valence-corrected chi connectivity index (χ1v) is 11.7. The van der Waals surface area contributed by atoms with E-state index in [4.69, 9.17) is 4.74 Å². The van der Waals surface area contributed by atoms with E-state index in [-0.39, 0.29) is 11.8 Å². The Morgan fingerprint density at radius 2 is 1.73 bits per heavy atom. The standard InChI is InChI=1S/C15H29N5O4S2/c1-3-24-15(21)19-7-5-18(6-8-19)14(16-2)17-4-13-26(22,23)20-9-11-25-12-10-20/h3-13H2,1-2H3,(H,16,17). The number of thioether (sulfide) groups is 1. The molecule has 0 aromatic rings. The summed E-state index contributed by atoms with van der Waals surface area (Å²) in [5.74, 6) is 2.44. The van der Waals surface area contributed by atoms with Gasteiger partial charge in [-0.3, -0.25) is 4.99 Å². The van der Waals surface area contributed by atoms with Crippen LogP contribution in [0.3, 0.4) is 0 Å². The zero-order valence-corrected chi connectivity index (χ0v) is 17.1. The smallest absolute Gasteiger partial charge is 0.409 e. The van der Waals surface area contributed by atoms with E-state index in [0.717, 1.165) is 11.5 Å². The summed E-state index contributed by atoms with van der Waals surface area (Å²) >= 11 is 1.79. The quantitative estimate of drug-likeness (QED) is 0.494. The van der Waals surface area contributed by atoms with E-state index >= 15 is 0 Å². The molecule has 1 amide bonds. The third-order valence-electron chi connectivity index (χ3n) is 4.32. The molecule has 1 N–H and O–H groups in total. The van der Waals surface area contributed by atoms with Gasteiger partial charge in [0.15, 0.2) is 5.96 Å². The van der Waals surface area contributed by atoms with Crippen molar-refractivity contribution in [2.75, 3.05) is 76.7 Å². The summed E-state index contributed by atoms with van der Waals surface area (Å²) in [5.41, 5.74) is 0. The molecule has 2 heterocycles. The van der Waals surface area contributed by atoms with Crippen LogP contribution >= 0.6 is 11.8 Å². The van der Waals surface area contributed by atoms with Crippen molar-refractivity contribution >= 4 is 33.8 Å². The minimum atomic E-state index is -3.23. The molecule has 0 aliphatic carbocycles. The van der Waals surface area contributed by atoms with E-state index in [1.807, 2.05) is 4.90 Å². The minimum absolute atomic E-state index is 0.0550. The second kappa shape index (κ2) is 10.2. The maximum Gasteiger partial charge on any atom is 0.409 e. The number of nitrogens with zero attached hydrogens (tertiary/aromatic N) is 4. The van der Waals surface area contributed by atoms with Crippen LogP contribution in [-0.4, -0.2) is 111 Å². The molecule has 2 fully saturated rings. The Balaban J connectivity index is 1.77. The topological polar surface area (TPSA) is 94.5 Å². The molecule has 11 heteroatoms. The second-order valence-corrected chi connectivity index (χ2v) is 9.29. The zero-order valence-electron chi connectivity index (χ0n) is 15.5. The predicted octanol–water partition coefficient (Wildman–Crippen LogP) is -0.285. The van der Waals surface area contributed by atoms with Crippen LogP contribution in [0.4, 0.5) is 4.79 Å². The molecule has 0 atom stereocenters. The summed E-state index contributed by atoms with van der Waals surface area (Å²) in [7, 11) is -1.55. The molecule has 9 nitrogen and oxygen atoms in total. The number of aliphatic imine (C=N–C) groups is 1. The number of ether oxygens (including phenoxy) is 1. The SMILES string of the molecule is CCOC(=O)N1CCN(C(=NC)NCCS(=O)(=O)N2CCSCC2)CC1. The van der Waals surface area contributed by atoms with Crippen LogP contribution in [0.15, 0.2) is 4.99 Å². The number of hydrogen-bond acceptors (Lipinski definition) is 6. The fourth-order valence-electron chi connectivity index (χ4n) is 2.89. The highest BCUT2D eigenvalue weighted by atomic mass is 32.2. The number of hydrogen-bond donors (Lipinski definition) is 1. The highest BCUT2D eigenvalue weighted by Gasteiger charge is 2.26. The minimum Gasteiger partial charge on any atom is -0.450 e. The number of guanidine groups is 1. The van der Waals surface area contributed by atoms with E-state index in [9.17, 15) is 13.2 Å². The molecule has 150 valence electrons. The van der Waals surface area contributed by atoms with Gasteiger partial charge in [-0.25, -0.2) is 17.5 Å². The molecular formula is C15H29N5O4S2. The van der Waals surface area contributed by atoms with E-state index in [0.29, 0.717) is 58.4 Å². The first kappa shape index (κ1) is 21.1. The zero-order chi connectivity index (χ0) is 19.0. The Morgan fingerprint density at radius 1 is 1.12 bits per heavy atom. The Morgan fingerprint density at radius 3 is 2.31 bits per heavy atom. The van der Waals surface area contributed by atoms with Crippen LogP contribution in [0, 0.1) is 0 Å². The molecule has 26 heavy (non-hydrogen) atoms. The van der Waals surface area contributed by atoms with Gasteiger partial charge in [0.05, 0.1) is 12.4 Å². The number of sulfonamides is 1. The number of piperazine rings is 1. The Labute approximate surface area is 160 Å². The number of rotatable bonds is 5. The highest BCUT2D eigenvalue weighted by Crippen LogP contribution is 2.13. The van der Waals surface area contributed by atoms with Crippen LogP contribution in [0.2, 0.25) is 0 Å². The average molecular weight is 408 g/mol. The maximum atomic E-state index is 12.4. The second-order valence-electron chi connectivity index (χ2n) is 5.97. The van der Waals surface area contributed by atoms with Gasteiger partial charge >= 0.3 is 6.09 Å². The van der Waals surface area contributed by atoms with Gasteiger partial charge in [0.25, 0.3) is 0 Å².